The van der Waals surface area contributed by atoms with E-state index in [0.717, 1.165) is 43.8 Å². The van der Waals surface area contributed by atoms with Gasteiger partial charge in [-0.15, -0.1) is 12.4 Å². The zero-order valence-corrected chi connectivity index (χ0v) is 19.6. The number of nitro groups is 1. The van der Waals surface area contributed by atoms with Gasteiger partial charge in [-0.25, -0.2) is 0 Å². The van der Waals surface area contributed by atoms with E-state index in [1.54, 1.807) is 0 Å². The van der Waals surface area contributed by atoms with Crippen molar-refractivity contribution in [1.29, 1.82) is 0 Å². The third-order valence-electron chi connectivity index (χ3n) is 5.63. The molecule has 34 heavy (non-hydrogen) atoms. The Hall–Kier alpha value is -2.76. The molecular formula is C22H22ClF3N4O3S. The van der Waals surface area contributed by atoms with Gasteiger partial charge in [-0.05, 0) is 31.0 Å². The highest BCUT2D eigenvalue weighted by molar-refractivity contribution is 7.22. The van der Waals surface area contributed by atoms with Gasteiger partial charge in [0.25, 0.3) is 11.2 Å². The van der Waals surface area contributed by atoms with Crippen LogP contribution in [0.1, 0.15) is 17.5 Å². The largest absolute Gasteiger partial charge is 0.416 e. The summed E-state index contributed by atoms with van der Waals surface area (Å²) in [5.41, 5.74) is -1.61. The second-order valence-corrected chi connectivity index (χ2v) is 8.82. The lowest BCUT2D eigenvalue weighted by molar-refractivity contribution is -0.383. The van der Waals surface area contributed by atoms with E-state index in [9.17, 15) is 28.1 Å². The van der Waals surface area contributed by atoms with E-state index in [1.807, 2.05) is 23.1 Å². The zero-order valence-electron chi connectivity index (χ0n) is 18.0. The molecule has 0 radical (unpaired) electrons. The van der Waals surface area contributed by atoms with Gasteiger partial charge in [0.1, 0.15) is 4.70 Å². The van der Waals surface area contributed by atoms with Gasteiger partial charge < -0.3 is 9.80 Å². The molecule has 0 spiro atoms. The number of hydrogen-bond acceptors (Lipinski definition) is 7. The van der Waals surface area contributed by atoms with Crippen LogP contribution in [0.25, 0.3) is 10.1 Å². The van der Waals surface area contributed by atoms with Crippen LogP contribution in [0.3, 0.4) is 0 Å². The molecule has 12 heteroatoms. The number of nitrogens with zero attached hydrogens (tertiary/aromatic N) is 4. The van der Waals surface area contributed by atoms with Crippen LogP contribution in [0.5, 0.6) is 0 Å². The van der Waals surface area contributed by atoms with E-state index in [-0.39, 0.29) is 22.5 Å². The summed E-state index contributed by atoms with van der Waals surface area (Å²) in [6.07, 6.45) is -3.08. The number of nitro benzene ring substituents is 1. The van der Waals surface area contributed by atoms with Gasteiger partial charge in [-0.2, -0.15) is 18.2 Å². The molecule has 4 rings (SSSR count). The van der Waals surface area contributed by atoms with Crippen molar-refractivity contribution in [2.24, 2.45) is 0 Å². The lowest BCUT2D eigenvalue weighted by Gasteiger charge is -2.22. The topological polar surface area (TPSA) is 79.6 Å². The molecule has 0 atom stereocenters. The standard InChI is InChI=1S/C22H21F3N4O3S.ClH/c23-22(24,25)16-13-17-19(18(14-16)29(31)32)33-21(26-20(17)30)28-9-4-8-27(11-12-28)10-7-15-5-2-1-3-6-15;/h1-3,5-6,13-14H,4,7-12H2;1H. The van der Waals surface area contributed by atoms with Crippen LogP contribution in [0, 0.1) is 10.1 Å². The molecule has 182 valence electrons. The minimum atomic E-state index is -4.80. The monoisotopic (exact) mass is 514 g/mol. The van der Waals surface area contributed by atoms with Crippen molar-refractivity contribution >= 4 is 44.6 Å². The van der Waals surface area contributed by atoms with Crippen LogP contribution < -0.4 is 10.5 Å². The third-order valence-corrected chi connectivity index (χ3v) is 6.80. The number of hydrogen-bond donors (Lipinski definition) is 0. The van der Waals surface area contributed by atoms with Gasteiger partial charge in [0.05, 0.1) is 15.9 Å². The Bertz CT molecular complexity index is 1220. The van der Waals surface area contributed by atoms with Crippen molar-refractivity contribution in [2.75, 3.05) is 37.6 Å². The average Bonchev–Trinajstić information content (AvgIpc) is 3.03. The number of fused-ring (bicyclic) bond motifs is 1. The Morgan fingerprint density at radius 3 is 2.50 bits per heavy atom. The third kappa shape index (κ3) is 5.83. The number of alkyl halides is 3. The molecule has 2 heterocycles. The maximum atomic E-state index is 13.2. The van der Waals surface area contributed by atoms with Crippen LogP contribution in [0.2, 0.25) is 0 Å². The van der Waals surface area contributed by atoms with Crippen molar-refractivity contribution in [3.05, 3.63) is 74.1 Å². The average molecular weight is 515 g/mol. The fourth-order valence-corrected chi connectivity index (χ4v) is 5.01. The van der Waals surface area contributed by atoms with Gasteiger partial charge in [-0.1, -0.05) is 41.7 Å². The van der Waals surface area contributed by atoms with Crippen molar-refractivity contribution < 1.29 is 18.1 Å². The van der Waals surface area contributed by atoms with Gasteiger partial charge in [0.2, 0.25) is 0 Å². The SMILES string of the molecule is Cl.O=c1nc(N2CCCN(CCc3ccccc3)CC2)sc2c([N+](=O)[O-])cc(C(F)(F)F)cc12. The summed E-state index contributed by atoms with van der Waals surface area (Å²) in [5, 5.41) is 11.4. The van der Waals surface area contributed by atoms with Crippen LogP contribution >= 0.6 is 23.7 Å². The number of halogens is 4. The van der Waals surface area contributed by atoms with Crippen molar-refractivity contribution in [3.8, 4) is 0 Å². The van der Waals surface area contributed by atoms with E-state index in [1.165, 1.54) is 5.56 Å². The van der Waals surface area contributed by atoms with E-state index in [0.29, 0.717) is 30.4 Å². The van der Waals surface area contributed by atoms with Crippen LogP contribution in [-0.4, -0.2) is 47.5 Å². The molecule has 7 nitrogen and oxygen atoms in total. The molecule has 0 saturated carbocycles. The lowest BCUT2D eigenvalue weighted by atomic mass is 10.1. The quantitative estimate of drug-likeness (QED) is 0.361. The normalized spacial score (nSPS) is 15.1. The van der Waals surface area contributed by atoms with Crippen LogP contribution in [0.15, 0.2) is 47.3 Å². The summed E-state index contributed by atoms with van der Waals surface area (Å²) < 4.78 is 39.4. The smallest absolute Gasteiger partial charge is 0.347 e. The van der Waals surface area contributed by atoms with Gasteiger partial charge in [-0.3, -0.25) is 14.9 Å². The molecule has 2 aromatic carbocycles. The molecule has 1 aromatic heterocycles. The van der Waals surface area contributed by atoms with Crippen molar-refractivity contribution in [3.63, 3.8) is 0 Å². The summed E-state index contributed by atoms with van der Waals surface area (Å²) in [6, 6.07) is 11.3. The first-order chi connectivity index (χ1) is 15.7. The molecule has 0 aliphatic carbocycles. The number of non-ortho nitro benzene ring substituents is 1. The van der Waals surface area contributed by atoms with Crippen molar-refractivity contribution in [1.82, 2.24) is 9.88 Å². The predicted octanol–water partition coefficient (Wildman–Crippen LogP) is 4.76. The lowest BCUT2D eigenvalue weighted by Crippen LogP contribution is -2.32. The molecule has 1 fully saturated rings. The Morgan fingerprint density at radius 1 is 1.09 bits per heavy atom. The fourth-order valence-electron chi connectivity index (χ4n) is 3.89. The number of aromatic nitrogens is 1. The maximum Gasteiger partial charge on any atom is 0.416 e. The van der Waals surface area contributed by atoms with Crippen molar-refractivity contribution in [2.45, 2.75) is 19.0 Å². The Labute approximate surface area is 203 Å². The summed E-state index contributed by atoms with van der Waals surface area (Å²) >= 11 is 0.890. The van der Waals surface area contributed by atoms with E-state index < -0.39 is 27.9 Å². The summed E-state index contributed by atoms with van der Waals surface area (Å²) in [6.45, 7) is 3.64. The fraction of sp³-hybridized carbons (Fsp3) is 0.364. The van der Waals surface area contributed by atoms with E-state index in [4.69, 9.17) is 0 Å². The second kappa shape index (κ2) is 10.7. The molecule has 0 N–H and O–H groups in total. The molecule has 0 amide bonds. The first-order valence-electron chi connectivity index (χ1n) is 10.4. The molecule has 0 unspecified atom stereocenters. The van der Waals surface area contributed by atoms with Gasteiger partial charge >= 0.3 is 6.18 Å². The van der Waals surface area contributed by atoms with Crippen LogP contribution in [0.4, 0.5) is 24.0 Å². The minimum absolute atomic E-state index is 0. The molecular weight excluding hydrogens is 493 g/mol. The molecule has 1 aliphatic rings. The summed E-state index contributed by atoms with van der Waals surface area (Å²) in [5.74, 6) is 0. The number of benzene rings is 2. The minimum Gasteiger partial charge on any atom is -0.347 e. The number of rotatable bonds is 5. The molecule has 3 aromatic rings. The van der Waals surface area contributed by atoms with Gasteiger partial charge in [0, 0.05) is 32.2 Å². The Morgan fingerprint density at radius 2 is 1.82 bits per heavy atom. The molecule has 0 bridgehead atoms. The second-order valence-electron chi connectivity index (χ2n) is 7.85. The zero-order chi connectivity index (χ0) is 23.6. The van der Waals surface area contributed by atoms with E-state index >= 15 is 0 Å². The van der Waals surface area contributed by atoms with E-state index in [2.05, 4.69) is 22.0 Å². The maximum absolute atomic E-state index is 13.2. The molecule has 1 aliphatic heterocycles. The first-order valence-corrected chi connectivity index (χ1v) is 11.3. The predicted molar refractivity (Wildman–Crippen MR) is 128 cm³/mol. The van der Waals surface area contributed by atoms with Crippen LogP contribution in [-0.2, 0) is 12.6 Å². The Balaban J connectivity index is 0.00000324. The highest BCUT2D eigenvalue weighted by Crippen LogP contribution is 2.38. The Kier molecular flexibility index (Phi) is 8.11. The molecule has 1 saturated heterocycles. The highest BCUT2D eigenvalue weighted by atomic mass is 35.5. The van der Waals surface area contributed by atoms with Gasteiger partial charge in [0.15, 0.2) is 5.13 Å². The highest BCUT2D eigenvalue weighted by Gasteiger charge is 2.34. The number of anilines is 1. The summed E-state index contributed by atoms with van der Waals surface area (Å²) in [7, 11) is 0. The summed E-state index contributed by atoms with van der Waals surface area (Å²) in [4.78, 5) is 31.4. The first kappa shape index (κ1) is 25.9.